The van der Waals surface area contributed by atoms with Gasteiger partial charge in [0, 0.05) is 22.0 Å². The Bertz CT molecular complexity index is 535. The number of hydrogen-bond acceptors (Lipinski definition) is 2. The highest BCUT2D eigenvalue weighted by Gasteiger charge is 2.12. The number of halogens is 1. The van der Waals surface area contributed by atoms with Gasteiger partial charge in [0.2, 0.25) is 0 Å². The molecule has 2 rings (SSSR count). The second-order valence-electron chi connectivity index (χ2n) is 3.04. The molecule has 0 spiro atoms. The van der Waals surface area contributed by atoms with Crippen LogP contribution < -0.4 is 0 Å². The molecule has 1 heterocycles. The minimum atomic E-state index is -0.935. The number of aromatic carboxylic acids is 1. The topological polar surface area (TPSA) is 53.1 Å². The Morgan fingerprint density at radius 3 is 2.87 bits per heavy atom. The van der Waals surface area contributed by atoms with Crippen molar-refractivity contribution in [2.45, 2.75) is 4.90 Å². The lowest BCUT2D eigenvalue weighted by atomic mass is 10.2. The normalized spacial score (nSPS) is 10.8. The van der Waals surface area contributed by atoms with Crippen molar-refractivity contribution in [3.05, 3.63) is 28.9 Å². The van der Waals surface area contributed by atoms with Crippen LogP contribution in [0, 0.1) is 0 Å². The fourth-order valence-electron chi connectivity index (χ4n) is 1.46. The van der Waals surface area contributed by atoms with Gasteiger partial charge in [0.1, 0.15) is 0 Å². The van der Waals surface area contributed by atoms with Crippen molar-refractivity contribution in [1.29, 1.82) is 0 Å². The third-order valence-electron chi connectivity index (χ3n) is 2.18. The highest BCUT2D eigenvalue weighted by Crippen LogP contribution is 2.31. The molecule has 0 aliphatic carbocycles. The molecule has 0 aliphatic heterocycles. The predicted molar refractivity (Wildman–Crippen MR) is 62.0 cm³/mol. The molecular weight excluding hydrogens is 234 g/mol. The van der Waals surface area contributed by atoms with Crippen molar-refractivity contribution in [1.82, 2.24) is 4.98 Å². The molecule has 78 valence electrons. The highest BCUT2D eigenvalue weighted by molar-refractivity contribution is 7.98. The molecule has 0 amide bonds. The first-order valence-electron chi connectivity index (χ1n) is 4.21. The number of nitrogens with one attached hydrogen (secondary N) is 1. The van der Waals surface area contributed by atoms with Crippen LogP contribution in [0.2, 0.25) is 5.02 Å². The third kappa shape index (κ3) is 1.70. The van der Waals surface area contributed by atoms with E-state index in [9.17, 15) is 4.79 Å². The summed E-state index contributed by atoms with van der Waals surface area (Å²) in [7, 11) is 0. The van der Waals surface area contributed by atoms with Gasteiger partial charge in [0.25, 0.3) is 0 Å². The van der Waals surface area contributed by atoms with Crippen LogP contribution in [-0.2, 0) is 0 Å². The first kappa shape index (κ1) is 10.4. The molecule has 0 saturated heterocycles. The first-order chi connectivity index (χ1) is 7.13. The summed E-state index contributed by atoms with van der Waals surface area (Å²) in [5, 5.41) is 10.3. The van der Waals surface area contributed by atoms with Crippen LogP contribution in [0.15, 0.2) is 23.2 Å². The third-order valence-corrected chi connectivity index (χ3v) is 3.39. The van der Waals surface area contributed by atoms with E-state index >= 15 is 0 Å². The van der Waals surface area contributed by atoms with E-state index in [4.69, 9.17) is 16.7 Å². The molecule has 5 heteroatoms. The molecule has 15 heavy (non-hydrogen) atoms. The summed E-state index contributed by atoms with van der Waals surface area (Å²) < 4.78 is 0. The molecule has 2 N–H and O–H groups in total. The Hall–Kier alpha value is -1.13. The SMILES string of the molecule is CSc1cc2c(C(=O)O)c[nH]c2cc1Cl. The summed E-state index contributed by atoms with van der Waals surface area (Å²) in [6, 6.07) is 3.54. The minimum absolute atomic E-state index is 0.275. The molecule has 0 atom stereocenters. The van der Waals surface area contributed by atoms with Crippen molar-refractivity contribution in [3.63, 3.8) is 0 Å². The molecule has 0 fully saturated rings. The second-order valence-corrected chi connectivity index (χ2v) is 4.30. The molecular formula is C10H8ClNO2S. The standard InChI is InChI=1S/C10H8ClNO2S/c1-15-9-2-5-6(10(13)14)4-12-8(5)3-7(9)11/h2-4,12H,1H3,(H,13,14). The van der Waals surface area contributed by atoms with E-state index < -0.39 is 5.97 Å². The quantitative estimate of drug-likeness (QED) is 0.794. The molecule has 2 aromatic rings. The van der Waals surface area contributed by atoms with E-state index in [1.807, 2.05) is 6.26 Å². The monoisotopic (exact) mass is 241 g/mol. The van der Waals surface area contributed by atoms with Gasteiger partial charge in [-0.1, -0.05) is 11.6 Å². The Labute approximate surface area is 95.4 Å². The summed E-state index contributed by atoms with van der Waals surface area (Å²) in [5.74, 6) is -0.935. The van der Waals surface area contributed by atoms with Gasteiger partial charge in [-0.05, 0) is 18.4 Å². The zero-order valence-electron chi connectivity index (χ0n) is 7.87. The maximum atomic E-state index is 10.9. The van der Waals surface area contributed by atoms with E-state index in [-0.39, 0.29) is 5.56 Å². The number of fused-ring (bicyclic) bond motifs is 1. The number of rotatable bonds is 2. The van der Waals surface area contributed by atoms with Crippen LogP contribution in [0.25, 0.3) is 10.9 Å². The van der Waals surface area contributed by atoms with E-state index in [2.05, 4.69) is 4.98 Å². The summed E-state index contributed by atoms with van der Waals surface area (Å²) in [4.78, 5) is 14.7. The van der Waals surface area contributed by atoms with Crippen LogP contribution in [-0.4, -0.2) is 22.3 Å². The van der Waals surface area contributed by atoms with Crippen LogP contribution in [0.1, 0.15) is 10.4 Å². The molecule has 0 radical (unpaired) electrons. The summed E-state index contributed by atoms with van der Waals surface area (Å²) in [6.07, 6.45) is 3.38. The van der Waals surface area contributed by atoms with Gasteiger partial charge in [0.15, 0.2) is 0 Å². The number of thioether (sulfide) groups is 1. The summed E-state index contributed by atoms with van der Waals surface area (Å²) >= 11 is 7.50. The van der Waals surface area contributed by atoms with Crippen molar-refractivity contribution in [2.24, 2.45) is 0 Å². The fourth-order valence-corrected chi connectivity index (χ4v) is 2.34. The van der Waals surface area contributed by atoms with Gasteiger partial charge in [-0.3, -0.25) is 0 Å². The summed E-state index contributed by atoms with van der Waals surface area (Å²) in [5.41, 5.74) is 1.02. The number of carboxylic acid groups (broad SMARTS) is 1. The maximum absolute atomic E-state index is 10.9. The largest absolute Gasteiger partial charge is 0.478 e. The number of carbonyl (C=O) groups is 1. The Balaban J connectivity index is 2.74. The van der Waals surface area contributed by atoms with Crippen molar-refractivity contribution in [3.8, 4) is 0 Å². The molecule has 1 aromatic heterocycles. The van der Waals surface area contributed by atoms with Crippen molar-refractivity contribution >= 4 is 40.2 Å². The molecule has 3 nitrogen and oxygen atoms in total. The molecule has 1 aromatic carbocycles. The number of hydrogen-bond donors (Lipinski definition) is 2. The smallest absolute Gasteiger partial charge is 0.337 e. The number of carboxylic acids is 1. The maximum Gasteiger partial charge on any atom is 0.337 e. The number of aromatic amines is 1. The Morgan fingerprint density at radius 2 is 2.27 bits per heavy atom. The zero-order chi connectivity index (χ0) is 11.0. The van der Waals surface area contributed by atoms with Gasteiger partial charge in [-0.15, -0.1) is 11.8 Å². The van der Waals surface area contributed by atoms with Crippen LogP contribution in [0.3, 0.4) is 0 Å². The van der Waals surface area contributed by atoms with Crippen LogP contribution >= 0.6 is 23.4 Å². The first-order valence-corrected chi connectivity index (χ1v) is 5.81. The number of benzene rings is 1. The van der Waals surface area contributed by atoms with Crippen molar-refractivity contribution in [2.75, 3.05) is 6.26 Å². The van der Waals surface area contributed by atoms with Gasteiger partial charge in [-0.25, -0.2) is 4.79 Å². The lowest BCUT2D eigenvalue weighted by Gasteiger charge is -2.01. The Morgan fingerprint density at radius 1 is 1.53 bits per heavy atom. The van der Waals surface area contributed by atoms with Gasteiger partial charge >= 0.3 is 5.97 Å². The van der Waals surface area contributed by atoms with Crippen molar-refractivity contribution < 1.29 is 9.90 Å². The molecule has 0 saturated carbocycles. The molecule has 0 aliphatic rings. The minimum Gasteiger partial charge on any atom is -0.478 e. The van der Waals surface area contributed by atoms with Gasteiger partial charge in [-0.2, -0.15) is 0 Å². The zero-order valence-corrected chi connectivity index (χ0v) is 9.45. The van der Waals surface area contributed by atoms with E-state index in [1.165, 1.54) is 18.0 Å². The van der Waals surface area contributed by atoms with E-state index in [0.29, 0.717) is 10.4 Å². The van der Waals surface area contributed by atoms with E-state index in [0.717, 1.165) is 10.4 Å². The average molecular weight is 242 g/mol. The number of aromatic nitrogens is 1. The van der Waals surface area contributed by atoms with Crippen LogP contribution in [0.5, 0.6) is 0 Å². The van der Waals surface area contributed by atoms with Gasteiger partial charge in [0.05, 0.1) is 10.6 Å². The van der Waals surface area contributed by atoms with E-state index in [1.54, 1.807) is 12.1 Å². The second kappa shape index (κ2) is 3.79. The van der Waals surface area contributed by atoms with Gasteiger partial charge < -0.3 is 10.1 Å². The summed E-state index contributed by atoms with van der Waals surface area (Å²) in [6.45, 7) is 0. The molecule has 0 bridgehead atoms. The fraction of sp³-hybridized carbons (Fsp3) is 0.100. The highest BCUT2D eigenvalue weighted by atomic mass is 35.5. The average Bonchev–Trinajstić information content (AvgIpc) is 2.59. The predicted octanol–water partition coefficient (Wildman–Crippen LogP) is 3.24. The molecule has 0 unspecified atom stereocenters. The lowest BCUT2D eigenvalue weighted by Crippen LogP contribution is -1.93. The van der Waals surface area contributed by atoms with Crippen LogP contribution in [0.4, 0.5) is 0 Å². The lowest BCUT2D eigenvalue weighted by molar-refractivity contribution is 0.0699. The number of H-pyrrole nitrogens is 1. The Kier molecular flexibility index (Phi) is 2.63.